The molecule has 0 fully saturated rings. The Labute approximate surface area is 224 Å². The highest BCUT2D eigenvalue weighted by molar-refractivity contribution is 9.10. The second kappa shape index (κ2) is 14.0. The van der Waals surface area contributed by atoms with Crippen molar-refractivity contribution in [3.63, 3.8) is 0 Å². The Balaban J connectivity index is 1.75. The van der Waals surface area contributed by atoms with Crippen LogP contribution in [-0.2, 0) is 17.9 Å². The molecule has 192 valence electrons. The minimum Gasteiger partial charge on any atom is -0.345 e. The van der Waals surface area contributed by atoms with E-state index in [4.69, 9.17) is 0 Å². The summed E-state index contributed by atoms with van der Waals surface area (Å²) in [4.78, 5) is 30.5. The Kier molecular flexibility index (Phi) is 10.8. The van der Waals surface area contributed by atoms with E-state index in [1.54, 1.807) is 4.90 Å². The molecule has 1 aromatic heterocycles. The molecule has 1 heterocycles. The molecule has 0 saturated carbocycles. The van der Waals surface area contributed by atoms with Gasteiger partial charge in [-0.25, -0.2) is 0 Å². The first-order valence-corrected chi connectivity index (χ1v) is 13.7. The topological polar surface area (TPSA) is 45.6 Å². The molecule has 6 heteroatoms. The lowest BCUT2D eigenvalue weighted by molar-refractivity contribution is -0.132. The van der Waals surface area contributed by atoms with Gasteiger partial charge in [-0.15, -0.1) is 0 Å². The summed E-state index contributed by atoms with van der Waals surface area (Å²) in [6.45, 7) is 9.03. The maximum absolute atomic E-state index is 13.6. The summed E-state index contributed by atoms with van der Waals surface area (Å²) < 4.78 is 3.25. The van der Waals surface area contributed by atoms with Gasteiger partial charge in [0.15, 0.2) is 0 Å². The van der Waals surface area contributed by atoms with E-state index in [2.05, 4.69) is 65.7 Å². The van der Waals surface area contributed by atoms with Gasteiger partial charge in [-0.05, 0) is 60.7 Å². The zero-order valence-corrected chi connectivity index (χ0v) is 23.3. The van der Waals surface area contributed by atoms with Crippen LogP contribution in [-0.4, -0.2) is 45.8 Å². The number of hydrogen-bond donors (Lipinski definition) is 0. The molecule has 0 unspecified atom stereocenters. The van der Waals surface area contributed by atoms with Crippen molar-refractivity contribution in [1.82, 2.24) is 14.4 Å². The van der Waals surface area contributed by atoms with Gasteiger partial charge in [0.1, 0.15) is 6.54 Å². The SMILES string of the molecule is CCCCN(Cc1cccn1Cc1ccc(Br)cc1)C(=O)CN(CCC(C)C)C(=O)c1ccccc1. The average molecular weight is 553 g/mol. The lowest BCUT2D eigenvalue weighted by atomic mass is 10.1. The van der Waals surface area contributed by atoms with Crippen LogP contribution in [0.25, 0.3) is 0 Å². The van der Waals surface area contributed by atoms with Gasteiger partial charge in [0, 0.05) is 41.6 Å². The Morgan fingerprint density at radius 2 is 1.64 bits per heavy atom. The van der Waals surface area contributed by atoms with Crippen LogP contribution >= 0.6 is 15.9 Å². The van der Waals surface area contributed by atoms with Crippen molar-refractivity contribution >= 4 is 27.7 Å². The number of hydrogen-bond acceptors (Lipinski definition) is 2. The van der Waals surface area contributed by atoms with Crippen molar-refractivity contribution in [2.75, 3.05) is 19.6 Å². The van der Waals surface area contributed by atoms with Crippen LogP contribution in [0.5, 0.6) is 0 Å². The summed E-state index contributed by atoms with van der Waals surface area (Å²) in [6, 6.07) is 21.7. The lowest BCUT2D eigenvalue weighted by Crippen LogP contribution is -2.44. The molecule has 0 radical (unpaired) electrons. The first-order chi connectivity index (χ1) is 17.4. The van der Waals surface area contributed by atoms with Gasteiger partial charge in [0.2, 0.25) is 5.91 Å². The zero-order chi connectivity index (χ0) is 25.9. The summed E-state index contributed by atoms with van der Waals surface area (Å²) in [5.74, 6) is 0.357. The summed E-state index contributed by atoms with van der Waals surface area (Å²) in [5.41, 5.74) is 2.92. The number of halogens is 1. The highest BCUT2D eigenvalue weighted by Gasteiger charge is 2.23. The second-order valence-corrected chi connectivity index (χ2v) is 10.6. The normalized spacial score (nSPS) is 11.0. The molecule has 2 amide bonds. The van der Waals surface area contributed by atoms with Crippen LogP contribution in [0.4, 0.5) is 0 Å². The Bertz CT molecular complexity index is 1090. The van der Waals surface area contributed by atoms with E-state index in [1.807, 2.05) is 53.4 Å². The molecule has 0 aliphatic heterocycles. The van der Waals surface area contributed by atoms with E-state index in [0.29, 0.717) is 31.1 Å². The van der Waals surface area contributed by atoms with Gasteiger partial charge < -0.3 is 14.4 Å². The van der Waals surface area contributed by atoms with E-state index < -0.39 is 0 Å². The lowest BCUT2D eigenvalue weighted by Gasteiger charge is -2.28. The number of nitrogens with zero attached hydrogens (tertiary/aromatic N) is 3. The zero-order valence-electron chi connectivity index (χ0n) is 21.7. The standard InChI is InChI=1S/C30H38BrN3O2/c1-4-5-18-33(22-28-12-9-19-32(28)21-25-13-15-27(31)16-14-25)29(35)23-34(20-17-24(2)3)30(36)26-10-7-6-8-11-26/h6-16,19,24H,4-5,17-18,20-23H2,1-3H3. The van der Waals surface area contributed by atoms with E-state index in [0.717, 1.165) is 36.0 Å². The van der Waals surface area contributed by atoms with Crippen molar-refractivity contribution in [3.8, 4) is 0 Å². The number of benzene rings is 2. The smallest absolute Gasteiger partial charge is 0.254 e. The van der Waals surface area contributed by atoms with E-state index >= 15 is 0 Å². The molecule has 0 atom stereocenters. The van der Waals surface area contributed by atoms with Crippen LogP contribution in [0.1, 0.15) is 61.6 Å². The molecule has 0 spiro atoms. The first kappa shape index (κ1) is 27.7. The summed E-state index contributed by atoms with van der Waals surface area (Å²) in [7, 11) is 0. The molecule has 0 aliphatic carbocycles. The van der Waals surface area contributed by atoms with Crippen LogP contribution in [0.15, 0.2) is 77.4 Å². The van der Waals surface area contributed by atoms with Crippen LogP contribution < -0.4 is 0 Å². The fraction of sp³-hybridized carbons (Fsp3) is 0.400. The summed E-state index contributed by atoms with van der Waals surface area (Å²) in [5, 5.41) is 0. The van der Waals surface area contributed by atoms with E-state index in [-0.39, 0.29) is 18.4 Å². The summed E-state index contributed by atoms with van der Waals surface area (Å²) in [6.07, 6.45) is 4.85. The predicted octanol–water partition coefficient (Wildman–Crippen LogP) is 6.62. The van der Waals surface area contributed by atoms with Crippen molar-refractivity contribution in [3.05, 3.63) is 94.2 Å². The van der Waals surface area contributed by atoms with Gasteiger partial charge in [-0.2, -0.15) is 0 Å². The van der Waals surface area contributed by atoms with Crippen molar-refractivity contribution in [2.45, 2.75) is 53.1 Å². The number of unbranched alkanes of at least 4 members (excludes halogenated alkanes) is 1. The Morgan fingerprint density at radius 3 is 2.31 bits per heavy atom. The van der Waals surface area contributed by atoms with Gasteiger partial charge in [0.25, 0.3) is 5.91 Å². The monoisotopic (exact) mass is 551 g/mol. The van der Waals surface area contributed by atoms with Crippen molar-refractivity contribution in [1.29, 1.82) is 0 Å². The highest BCUT2D eigenvalue weighted by atomic mass is 79.9. The third-order valence-electron chi connectivity index (χ3n) is 6.29. The van der Waals surface area contributed by atoms with Crippen molar-refractivity contribution in [2.24, 2.45) is 5.92 Å². The minimum atomic E-state index is -0.0846. The minimum absolute atomic E-state index is 0.00659. The Hall–Kier alpha value is -2.86. The maximum Gasteiger partial charge on any atom is 0.254 e. The molecular formula is C30H38BrN3O2. The Morgan fingerprint density at radius 1 is 0.917 bits per heavy atom. The third-order valence-corrected chi connectivity index (χ3v) is 6.82. The third kappa shape index (κ3) is 8.37. The molecule has 5 nitrogen and oxygen atoms in total. The number of carbonyl (C=O) groups excluding carboxylic acids is 2. The predicted molar refractivity (Wildman–Crippen MR) is 150 cm³/mol. The number of rotatable bonds is 13. The molecule has 2 aromatic carbocycles. The van der Waals surface area contributed by atoms with E-state index in [1.165, 1.54) is 5.56 Å². The fourth-order valence-corrected chi connectivity index (χ4v) is 4.33. The molecule has 0 bridgehead atoms. The molecular weight excluding hydrogens is 514 g/mol. The molecule has 3 aromatic rings. The van der Waals surface area contributed by atoms with Crippen LogP contribution in [0, 0.1) is 5.92 Å². The quantitative estimate of drug-likeness (QED) is 0.239. The first-order valence-electron chi connectivity index (χ1n) is 12.9. The maximum atomic E-state index is 13.6. The average Bonchev–Trinajstić information content (AvgIpc) is 3.31. The second-order valence-electron chi connectivity index (χ2n) is 9.70. The number of carbonyl (C=O) groups is 2. The molecule has 36 heavy (non-hydrogen) atoms. The van der Waals surface area contributed by atoms with E-state index in [9.17, 15) is 9.59 Å². The van der Waals surface area contributed by atoms with Crippen molar-refractivity contribution < 1.29 is 9.59 Å². The number of aromatic nitrogens is 1. The molecule has 0 N–H and O–H groups in total. The highest BCUT2D eigenvalue weighted by Crippen LogP contribution is 2.16. The molecule has 3 rings (SSSR count). The van der Waals surface area contributed by atoms with Gasteiger partial charge in [-0.3, -0.25) is 9.59 Å². The van der Waals surface area contributed by atoms with Crippen LogP contribution in [0.2, 0.25) is 0 Å². The fourth-order valence-electron chi connectivity index (χ4n) is 4.06. The van der Waals surface area contributed by atoms with Gasteiger partial charge in [-0.1, -0.05) is 73.5 Å². The number of amides is 2. The largest absolute Gasteiger partial charge is 0.345 e. The summed E-state index contributed by atoms with van der Waals surface area (Å²) >= 11 is 3.49. The van der Waals surface area contributed by atoms with Gasteiger partial charge in [0.05, 0.1) is 6.54 Å². The van der Waals surface area contributed by atoms with Gasteiger partial charge >= 0.3 is 0 Å². The molecule has 0 saturated heterocycles. The molecule has 0 aliphatic rings. The van der Waals surface area contributed by atoms with Crippen LogP contribution in [0.3, 0.4) is 0 Å².